The van der Waals surface area contributed by atoms with Gasteiger partial charge in [-0.05, 0) is 52.5 Å². The van der Waals surface area contributed by atoms with Gasteiger partial charge in [-0.1, -0.05) is 26.0 Å². The van der Waals surface area contributed by atoms with E-state index in [1.165, 1.54) is 11.8 Å². The Hall–Kier alpha value is -1.92. The Labute approximate surface area is 150 Å². The summed E-state index contributed by atoms with van der Waals surface area (Å²) in [5, 5.41) is 11.7. The SMILES string of the molecule is CC(C)c1cccc(Oc2ncc(C(=O)N[C@H](C)CO)cc2Br)c1. The number of hydrogen-bond donors (Lipinski definition) is 2. The molecule has 1 aromatic heterocycles. The van der Waals surface area contributed by atoms with E-state index in [9.17, 15) is 4.79 Å². The van der Waals surface area contributed by atoms with Gasteiger partial charge in [-0.2, -0.15) is 0 Å². The van der Waals surface area contributed by atoms with Gasteiger partial charge in [-0.25, -0.2) is 4.98 Å². The third kappa shape index (κ3) is 4.79. The summed E-state index contributed by atoms with van der Waals surface area (Å²) >= 11 is 3.39. The monoisotopic (exact) mass is 392 g/mol. The third-order valence-electron chi connectivity index (χ3n) is 3.46. The van der Waals surface area contributed by atoms with Gasteiger partial charge >= 0.3 is 0 Å². The molecule has 0 saturated carbocycles. The van der Waals surface area contributed by atoms with E-state index < -0.39 is 0 Å². The van der Waals surface area contributed by atoms with E-state index in [1.54, 1.807) is 13.0 Å². The van der Waals surface area contributed by atoms with Crippen molar-refractivity contribution >= 4 is 21.8 Å². The summed E-state index contributed by atoms with van der Waals surface area (Å²) in [6, 6.07) is 9.16. The van der Waals surface area contributed by atoms with E-state index in [-0.39, 0.29) is 18.6 Å². The molecule has 5 nitrogen and oxygen atoms in total. The molecule has 1 aromatic carbocycles. The van der Waals surface area contributed by atoms with Gasteiger partial charge in [0.15, 0.2) is 0 Å². The normalized spacial score (nSPS) is 12.1. The summed E-state index contributed by atoms with van der Waals surface area (Å²) in [7, 11) is 0. The lowest BCUT2D eigenvalue weighted by Gasteiger charge is -2.12. The van der Waals surface area contributed by atoms with Crippen molar-refractivity contribution in [3.05, 3.63) is 52.1 Å². The van der Waals surface area contributed by atoms with E-state index >= 15 is 0 Å². The number of aliphatic hydroxyl groups excluding tert-OH is 1. The maximum Gasteiger partial charge on any atom is 0.253 e. The lowest BCUT2D eigenvalue weighted by molar-refractivity contribution is 0.0922. The number of rotatable bonds is 6. The van der Waals surface area contributed by atoms with E-state index in [0.29, 0.717) is 27.6 Å². The van der Waals surface area contributed by atoms with Crippen LogP contribution in [-0.4, -0.2) is 28.6 Å². The maximum atomic E-state index is 12.0. The Balaban J connectivity index is 2.15. The van der Waals surface area contributed by atoms with Crippen LogP contribution < -0.4 is 10.1 Å². The fourth-order valence-corrected chi connectivity index (χ4v) is 2.46. The number of aliphatic hydroxyl groups is 1. The van der Waals surface area contributed by atoms with Crippen LogP contribution in [0.2, 0.25) is 0 Å². The predicted octanol–water partition coefficient (Wildman–Crippen LogP) is 3.87. The average molecular weight is 393 g/mol. The fraction of sp³-hybridized carbons (Fsp3) is 0.333. The van der Waals surface area contributed by atoms with Crippen LogP contribution >= 0.6 is 15.9 Å². The number of nitrogens with one attached hydrogen (secondary N) is 1. The molecule has 0 spiro atoms. The number of pyridine rings is 1. The minimum absolute atomic E-state index is 0.117. The molecule has 0 bridgehead atoms. The molecule has 6 heteroatoms. The highest BCUT2D eigenvalue weighted by molar-refractivity contribution is 9.10. The van der Waals surface area contributed by atoms with E-state index in [2.05, 4.69) is 46.1 Å². The summed E-state index contributed by atoms with van der Waals surface area (Å²) in [4.78, 5) is 16.2. The zero-order valence-corrected chi connectivity index (χ0v) is 15.5. The quantitative estimate of drug-likeness (QED) is 0.782. The summed E-state index contributed by atoms with van der Waals surface area (Å²) in [5.74, 6) is 1.20. The third-order valence-corrected chi connectivity index (χ3v) is 4.03. The van der Waals surface area contributed by atoms with Crippen LogP contribution in [0.15, 0.2) is 41.0 Å². The maximum absolute atomic E-state index is 12.0. The van der Waals surface area contributed by atoms with Crippen molar-refractivity contribution < 1.29 is 14.6 Å². The summed E-state index contributed by atoms with van der Waals surface area (Å²) in [5.41, 5.74) is 1.57. The molecule has 0 saturated heterocycles. The smallest absolute Gasteiger partial charge is 0.253 e. The highest BCUT2D eigenvalue weighted by atomic mass is 79.9. The molecule has 2 N–H and O–H groups in total. The van der Waals surface area contributed by atoms with Gasteiger partial charge in [-0.3, -0.25) is 4.79 Å². The van der Waals surface area contributed by atoms with Gasteiger partial charge in [0.1, 0.15) is 5.75 Å². The second kappa shape index (κ2) is 8.26. The molecule has 24 heavy (non-hydrogen) atoms. The van der Waals surface area contributed by atoms with Gasteiger partial charge in [0.2, 0.25) is 5.88 Å². The largest absolute Gasteiger partial charge is 0.438 e. The second-order valence-corrected chi connectivity index (χ2v) is 6.75. The number of hydrogen-bond acceptors (Lipinski definition) is 4. The van der Waals surface area contributed by atoms with Crippen molar-refractivity contribution in [2.24, 2.45) is 0 Å². The first-order valence-electron chi connectivity index (χ1n) is 7.75. The predicted molar refractivity (Wildman–Crippen MR) is 96.6 cm³/mol. The van der Waals surface area contributed by atoms with Gasteiger partial charge in [0.05, 0.1) is 16.6 Å². The first kappa shape index (κ1) is 18.4. The minimum Gasteiger partial charge on any atom is -0.438 e. The molecule has 128 valence electrons. The van der Waals surface area contributed by atoms with Crippen LogP contribution in [0.3, 0.4) is 0 Å². The molecule has 0 fully saturated rings. The number of carbonyl (C=O) groups excluding carboxylic acids is 1. The summed E-state index contributed by atoms with van der Waals surface area (Å²) in [6.07, 6.45) is 1.45. The van der Waals surface area contributed by atoms with Gasteiger partial charge in [0.25, 0.3) is 5.91 Å². The number of halogens is 1. The fourth-order valence-electron chi connectivity index (χ4n) is 2.03. The van der Waals surface area contributed by atoms with Crippen molar-refractivity contribution in [1.82, 2.24) is 10.3 Å². The zero-order chi connectivity index (χ0) is 17.7. The molecule has 0 aliphatic rings. The van der Waals surface area contributed by atoms with Crippen molar-refractivity contribution in [3.63, 3.8) is 0 Å². The molecule has 2 aromatic rings. The molecular formula is C18H21BrN2O3. The highest BCUT2D eigenvalue weighted by Crippen LogP contribution is 2.29. The second-order valence-electron chi connectivity index (χ2n) is 5.90. The molecule has 0 radical (unpaired) electrons. The number of benzene rings is 1. The van der Waals surface area contributed by atoms with E-state index in [1.807, 2.05) is 18.2 Å². The lowest BCUT2D eigenvalue weighted by atomic mass is 10.0. The van der Waals surface area contributed by atoms with Crippen LogP contribution in [0, 0.1) is 0 Å². The minimum atomic E-state index is -0.314. The van der Waals surface area contributed by atoms with Crippen molar-refractivity contribution in [1.29, 1.82) is 0 Å². The Morgan fingerprint density at radius 3 is 2.71 bits per heavy atom. The van der Waals surface area contributed by atoms with Crippen LogP contribution in [0.25, 0.3) is 0 Å². The molecule has 1 atom stereocenters. The summed E-state index contributed by atoms with van der Waals surface area (Å²) in [6.45, 7) is 5.84. The number of carbonyl (C=O) groups is 1. The van der Waals surface area contributed by atoms with Crippen LogP contribution in [0.5, 0.6) is 11.6 Å². The lowest BCUT2D eigenvalue weighted by Crippen LogP contribution is -2.35. The van der Waals surface area contributed by atoms with Gasteiger partial charge < -0.3 is 15.2 Å². The van der Waals surface area contributed by atoms with Gasteiger partial charge in [0, 0.05) is 12.2 Å². The van der Waals surface area contributed by atoms with Crippen LogP contribution in [0.4, 0.5) is 0 Å². The van der Waals surface area contributed by atoms with E-state index in [0.717, 1.165) is 0 Å². The van der Waals surface area contributed by atoms with E-state index in [4.69, 9.17) is 9.84 Å². The number of amides is 1. The highest BCUT2D eigenvalue weighted by Gasteiger charge is 2.13. The molecule has 0 unspecified atom stereocenters. The van der Waals surface area contributed by atoms with Crippen molar-refractivity contribution in [2.75, 3.05) is 6.61 Å². The molecule has 0 aliphatic heterocycles. The zero-order valence-electron chi connectivity index (χ0n) is 13.9. The Bertz CT molecular complexity index is 719. The Kier molecular flexibility index (Phi) is 6.34. The van der Waals surface area contributed by atoms with Crippen LogP contribution in [-0.2, 0) is 0 Å². The van der Waals surface area contributed by atoms with Crippen molar-refractivity contribution in [3.8, 4) is 11.6 Å². The number of aromatic nitrogens is 1. The van der Waals surface area contributed by atoms with Crippen LogP contribution in [0.1, 0.15) is 42.6 Å². The first-order valence-corrected chi connectivity index (χ1v) is 8.55. The van der Waals surface area contributed by atoms with Crippen molar-refractivity contribution in [2.45, 2.75) is 32.7 Å². The Morgan fingerprint density at radius 1 is 1.33 bits per heavy atom. The molecule has 2 rings (SSSR count). The average Bonchev–Trinajstić information content (AvgIpc) is 2.56. The number of ether oxygens (including phenoxy) is 1. The molecule has 0 aliphatic carbocycles. The Morgan fingerprint density at radius 2 is 2.08 bits per heavy atom. The van der Waals surface area contributed by atoms with Gasteiger partial charge in [-0.15, -0.1) is 0 Å². The molecule has 1 amide bonds. The molecule has 1 heterocycles. The standard InChI is InChI=1S/C18H21BrN2O3/c1-11(2)13-5-4-6-15(7-13)24-18-16(19)8-14(9-20-18)17(23)21-12(3)10-22/h4-9,11-12,22H,10H2,1-3H3,(H,21,23)/t12-/m1/s1. The topological polar surface area (TPSA) is 71.5 Å². The molecular weight excluding hydrogens is 372 g/mol. The summed E-state index contributed by atoms with van der Waals surface area (Å²) < 4.78 is 6.39. The number of nitrogens with zero attached hydrogens (tertiary/aromatic N) is 1. The first-order chi connectivity index (χ1) is 11.4.